The molecule has 0 atom stereocenters. The van der Waals surface area contributed by atoms with Crippen molar-refractivity contribution in [3.05, 3.63) is 72.6 Å². The number of rotatable bonds is 2. The fraction of sp³-hybridized carbons (Fsp3) is 0.158. The maximum absolute atomic E-state index is 12.8. The highest BCUT2D eigenvalue weighted by molar-refractivity contribution is 5.91. The molecule has 0 saturated carbocycles. The largest absolute Gasteiger partial charge is 0.491 e. The monoisotopic (exact) mass is 334 g/mol. The quantitative estimate of drug-likeness (QED) is 0.782. The molecule has 0 aliphatic carbocycles. The summed E-state index contributed by atoms with van der Waals surface area (Å²) in [5, 5.41) is 7.24. The lowest BCUT2D eigenvalue weighted by Gasteiger charge is -2.21. The zero-order valence-corrected chi connectivity index (χ0v) is 13.6. The number of anilines is 1. The number of benzene rings is 2. The van der Waals surface area contributed by atoms with E-state index < -0.39 is 0 Å². The van der Waals surface area contributed by atoms with E-state index in [9.17, 15) is 4.79 Å². The zero-order chi connectivity index (χ0) is 17.1. The number of hydrogen-bond donors (Lipinski definition) is 1. The summed E-state index contributed by atoms with van der Waals surface area (Å²) in [6.45, 7) is 1.53. The molecule has 0 unspecified atom stereocenters. The maximum Gasteiger partial charge on any atom is 0.322 e. The van der Waals surface area contributed by atoms with Crippen LogP contribution in [-0.4, -0.2) is 33.9 Å². The van der Waals surface area contributed by atoms with Crippen molar-refractivity contribution in [1.29, 1.82) is 0 Å². The van der Waals surface area contributed by atoms with E-state index in [1.807, 2.05) is 60.8 Å². The van der Waals surface area contributed by atoms with Gasteiger partial charge < -0.3 is 15.0 Å². The van der Waals surface area contributed by atoms with Crippen LogP contribution in [-0.2, 0) is 6.54 Å². The number of hydrogen-bond acceptors (Lipinski definition) is 3. The summed E-state index contributed by atoms with van der Waals surface area (Å²) in [4.78, 5) is 14.5. The Hall–Kier alpha value is -3.28. The topological polar surface area (TPSA) is 59.4 Å². The first-order valence-electron chi connectivity index (χ1n) is 8.17. The van der Waals surface area contributed by atoms with Crippen molar-refractivity contribution in [3.8, 4) is 11.4 Å². The van der Waals surface area contributed by atoms with Crippen LogP contribution in [0.4, 0.5) is 10.5 Å². The maximum atomic E-state index is 12.8. The van der Waals surface area contributed by atoms with Crippen LogP contribution in [0, 0.1) is 0 Å². The van der Waals surface area contributed by atoms with Crippen LogP contribution in [0.3, 0.4) is 0 Å². The molecule has 2 aromatic carbocycles. The third kappa shape index (κ3) is 3.19. The summed E-state index contributed by atoms with van der Waals surface area (Å²) in [5.74, 6) is 0.842. The van der Waals surface area contributed by atoms with Gasteiger partial charge in [0.05, 0.1) is 24.5 Å². The summed E-state index contributed by atoms with van der Waals surface area (Å²) in [5.41, 5.74) is 2.55. The Morgan fingerprint density at radius 2 is 1.92 bits per heavy atom. The first kappa shape index (κ1) is 15.3. The number of ether oxygens (including phenoxy) is 1. The van der Waals surface area contributed by atoms with Crippen molar-refractivity contribution >= 4 is 11.7 Å². The molecular formula is C19H18N4O2. The van der Waals surface area contributed by atoms with Crippen molar-refractivity contribution in [1.82, 2.24) is 14.7 Å². The number of urea groups is 1. The molecule has 2 amide bonds. The van der Waals surface area contributed by atoms with Gasteiger partial charge in [-0.2, -0.15) is 5.10 Å². The van der Waals surface area contributed by atoms with Crippen molar-refractivity contribution in [2.24, 2.45) is 0 Å². The zero-order valence-electron chi connectivity index (χ0n) is 13.6. The molecule has 1 aromatic heterocycles. The van der Waals surface area contributed by atoms with Crippen LogP contribution in [0.1, 0.15) is 5.56 Å². The van der Waals surface area contributed by atoms with Crippen molar-refractivity contribution in [2.75, 3.05) is 18.5 Å². The molecule has 0 bridgehead atoms. The summed E-state index contributed by atoms with van der Waals surface area (Å²) in [6.07, 6.45) is 3.56. The van der Waals surface area contributed by atoms with Crippen LogP contribution in [0.15, 0.2) is 67.0 Å². The smallest absolute Gasteiger partial charge is 0.322 e. The fourth-order valence-electron chi connectivity index (χ4n) is 2.88. The summed E-state index contributed by atoms with van der Waals surface area (Å²) in [6, 6.07) is 17.1. The SMILES string of the molecule is O=C(Nc1ccccc1-n1cccn1)N1CCOc2ccccc2C1. The van der Waals surface area contributed by atoms with Crippen LogP contribution in [0.25, 0.3) is 5.69 Å². The number of aromatic nitrogens is 2. The second-order valence-corrected chi connectivity index (χ2v) is 5.78. The Morgan fingerprint density at radius 3 is 2.80 bits per heavy atom. The molecule has 6 heteroatoms. The molecule has 0 spiro atoms. The van der Waals surface area contributed by atoms with Gasteiger partial charge in [0.1, 0.15) is 12.4 Å². The van der Waals surface area contributed by atoms with Crippen LogP contribution in [0.5, 0.6) is 5.75 Å². The van der Waals surface area contributed by atoms with Crippen LogP contribution in [0.2, 0.25) is 0 Å². The third-order valence-corrected chi connectivity index (χ3v) is 4.14. The number of fused-ring (bicyclic) bond motifs is 1. The number of carbonyl (C=O) groups is 1. The Balaban J connectivity index is 1.55. The highest BCUT2D eigenvalue weighted by Crippen LogP contribution is 2.24. The predicted octanol–water partition coefficient (Wildman–Crippen LogP) is 3.30. The van der Waals surface area contributed by atoms with E-state index in [1.165, 1.54) is 0 Å². The average molecular weight is 334 g/mol. The molecule has 0 radical (unpaired) electrons. The second kappa shape index (κ2) is 6.68. The Kier molecular flexibility index (Phi) is 4.08. The minimum Gasteiger partial charge on any atom is -0.491 e. The fourth-order valence-corrected chi connectivity index (χ4v) is 2.88. The summed E-state index contributed by atoms with van der Waals surface area (Å²) >= 11 is 0. The number of carbonyl (C=O) groups excluding carboxylic acids is 1. The van der Waals surface area contributed by atoms with E-state index in [4.69, 9.17) is 4.74 Å². The van der Waals surface area contributed by atoms with E-state index in [0.717, 1.165) is 22.7 Å². The first-order chi connectivity index (χ1) is 12.3. The second-order valence-electron chi connectivity index (χ2n) is 5.78. The van der Waals surface area contributed by atoms with Gasteiger partial charge in [-0.25, -0.2) is 9.48 Å². The van der Waals surface area contributed by atoms with E-state index in [0.29, 0.717) is 19.7 Å². The molecule has 0 fully saturated rings. The summed E-state index contributed by atoms with van der Waals surface area (Å²) < 4.78 is 7.46. The first-order valence-corrected chi connectivity index (χ1v) is 8.17. The number of para-hydroxylation sites is 3. The average Bonchev–Trinajstić information content (AvgIpc) is 3.08. The minimum atomic E-state index is -0.153. The van der Waals surface area contributed by atoms with Gasteiger partial charge in [-0.05, 0) is 24.3 Å². The van der Waals surface area contributed by atoms with E-state index in [-0.39, 0.29) is 6.03 Å². The molecule has 25 heavy (non-hydrogen) atoms. The van der Waals surface area contributed by atoms with Gasteiger partial charge in [-0.15, -0.1) is 0 Å². The molecule has 2 heterocycles. The number of amides is 2. The normalized spacial score (nSPS) is 13.5. The molecule has 126 valence electrons. The molecule has 4 rings (SSSR count). The Morgan fingerprint density at radius 1 is 1.08 bits per heavy atom. The lowest BCUT2D eigenvalue weighted by molar-refractivity contribution is 0.200. The van der Waals surface area contributed by atoms with Crippen molar-refractivity contribution in [3.63, 3.8) is 0 Å². The van der Waals surface area contributed by atoms with Gasteiger partial charge in [0.2, 0.25) is 0 Å². The van der Waals surface area contributed by atoms with Gasteiger partial charge >= 0.3 is 6.03 Å². The Labute approximate surface area is 145 Å². The van der Waals surface area contributed by atoms with Crippen LogP contribution >= 0.6 is 0 Å². The molecular weight excluding hydrogens is 316 g/mol. The third-order valence-electron chi connectivity index (χ3n) is 4.14. The van der Waals surface area contributed by atoms with Gasteiger partial charge in [0.25, 0.3) is 0 Å². The van der Waals surface area contributed by atoms with Gasteiger partial charge in [-0.3, -0.25) is 0 Å². The molecule has 1 aliphatic rings. The van der Waals surface area contributed by atoms with E-state index in [1.54, 1.807) is 15.8 Å². The lowest BCUT2D eigenvalue weighted by Crippen LogP contribution is -2.36. The van der Waals surface area contributed by atoms with E-state index >= 15 is 0 Å². The predicted molar refractivity (Wildman–Crippen MR) is 94.9 cm³/mol. The van der Waals surface area contributed by atoms with Gasteiger partial charge in [-0.1, -0.05) is 30.3 Å². The molecule has 0 saturated heterocycles. The standard InChI is InChI=1S/C19H18N4O2/c24-19(22-12-13-25-18-9-4-1-6-15(18)14-22)21-16-7-2-3-8-17(16)23-11-5-10-20-23/h1-11H,12-14H2,(H,21,24). The molecule has 6 nitrogen and oxygen atoms in total. The molecule has 3 aromatic rings. The van der Waals surface area contributed by atoms with Crippen molar-refractivity contribution in [2.45, 2.75) is 6.54 Å². The highest BCUT2D eigenvalue weighted by Gasteiger charge is 2.20. The van der Waals surface area contributed by atoms with Gasteiger partial charge in [0, 0.05) is 18.0 Å². The Bertz CT molecular complexity index is 877. The van der Waals surface area contributed by atoms with Crippen molar-refractivity contribution < 1.29 is 9.53 Å². The van der Waals surface area contributed by atoms with Crippen LogP contribution < -0.4 is 10.1 Å². The lowest BCUT2D eigenvalue weighted by atomic mass is 10.2. The number of nitrogens with one attached hydrogen (secondary N) is 1. The van der Waals surface area contributed by atoms with E-state index in [2.05, 4.69) is 10.4 Å². The molecule has 1 aliphatic heterocycles. The minimum absolute atomic E-state index is 0.153. The highest BCUT2D eigenvalue weighted by atomic mass is 16.5. The number of nitrogens with zero attached hydrogens (tertiary/aromatic N) is 3. The summed E-state index contributed by atoms with van der Waals surface area (Å²) in [7, 11) is 0. The van der Waals surface area contributed by atoms with Gasteiger partial charge in [0.15, 0.2) is 0 Å². The molecule has 1 N–H and O–H groups in total.